The van der Waals surface area contributed by atoms with Gasteiger partial charge in [0, 0.05) is 18.2 Å². The van der Waals surface area contributed by atoms with Gasteiger partial charge in [0.25, 0.3) is 0 Å². The van der Waals surface area contributed by atoms with Crippen molar-refractivity contribution in [2.75, 3.05) is 0 Å². The van der Waals surface area contributed by atoms with Crippen molar-refractivity contribution in [3.8, 4) is 0 Å². The van der Waals surface area contributed by atoms with Crippen molar-refractivity contribution < 1.29 is 0 Å². The summed E-state index contributed by atoms with van der Waals surface area (Å²) in [6.07, 6.45) is 8.83. The van der Waals surface area contributed by atoms with E-state index < -0.39 is 0 Å². The highest BCUT2D eigenvalue weighted by Gasteiger charge is 2.32. The maximum atomic E-state index is 4.73. The van der Waals surface area contributed by atoms with Gasteiger partial charge in [0.15, 0.2) is 0 Å². The maximum absolute atomic E-state index is 4.73. The predicted molar refractivity (Wildman–Crippen MR) is 107 cm³/mol. The fraction of sp³-hybridized carbons (Fsp3) is 0.500. The topological polar surface area (TPSA) is 36.4 Å². The Bertz CT molecular complexity index is 674. The van der Waals surface area contributed by atoms with E-state index in [-0.39, 0.29) is 0 Å². The number of allylic oxidation sites excluding steroid dienone is 1. The highest BCUT2D eigenvalue weighted by atomic mass is 15.4. The molecule has 1 saturated carbocycles. The number of nitrogens with zero attached hydrogens (tertiary/aromatic N) is 1. The molecular formula is C22H31N3. The fourth-order valence-corrected chi connectivity index (χ4v) is 4.24. The molecule has 2 aliphatic rings. The highest BCUT2D eigenvalue weighted by Crippen LogP contribution is 2.34. The largest absolute Gasteiger partial charge is 0.309 e. The number of amidine groups is 1. The van der Waals surface area contributed by atoms with Gasteiger partial charge in [0.1, 0.15) is 5.84 Å². The number of benzene rings is 1. The minimum atomic E-state index is 0.528. The van der Waals surface area contributed by atoms with E-state index in [2.05, 4.69) is 56.1 Å². The van der Waals surface area contributed by atoms with Crippen LogP contribution in [0.15, 0.2) is 42.0 Å². The van der Waals surface area contributed by atoms with Gasteiger partial charge in [-0.2, -0.15) is 0 Å². The Morgan fingerprint density at radius 3 is 2.92 bits per heavy atom. The maximum Gasteiger partial charge on any atom is 0.118 e. The minimum absolute atomic E-state index is 0.528. The third-order valence-corrected chi connectivity index (χ3v) is 5.71. The van der Waals surface area contributed by atoms with Crippen molar-refractivity contribution >= 4 is 11.9 Å². The summed E-state index contributed by atoms with van der Waals surface area (Å²) in [5.74, 6) is 2.70. The van der Waals surface area contributed by atoms with E-state index >= 15 is 0 Å². The van der Waals surface area contributed by atoms with Crippen LogP contribution in [0.1, 0.15) is 55.7 Å². The van der Waals surface area contributed by atoms with Gasteiger partial charge in [-0.05, 0) is 61.1 Å². The Morgan fingerprint density at radius 2 is 2.20 bits per heavy atom. The van der Waals surface area contributed by atoms with Crippen LogP contribution >= 0.6 is 0 Å². The summed E-state index contributed by atoms with van der Waals surface area (Å²) < 4.78 is 0. The van der Waals surface area contributed by atoms with Crippen LogP contribution in [0.4, 0.5) is 0 Å². The van der Waals surface area contributed by atoms with Crippen LogP contribution in [0.5, 0.6) is 0 Å². The zero-order chi connectivity index (χ0) is 17.8. The molecule has 2 fully saturated rings. The van der Waals surface area contributed by atoms with Crippen molar-refractivity contribution in [3.63, 3.8) is 0 Å². The lowest BCUT2D eigenvalue weighted by Gasteiger charge is -2.16. The van der Waals surface area contributed by atoms with E-state index in [4.69, 9.17) is 4.99 Å². The zero-order valence-corrected chi connectivity index (χ0v) is 15.6. The fourth-order valence-electron chi connectivity index (χ4n) is 4.24. The zero-order valence-electron chi connectivity index (χ0n) is 15.6. The van der Waals surface area contributed by atoms with Gasteiger partial charge in [-0.15, -0.1) is 0 Å². The summed E-state index contributed by atoms with van der Waals surface area (Å²) in [6.45, 7) is 12.6. The molecule has 3 atom stereocenters. The third kappa shape index (κ3) is 4.40. The molecule has 3 unspecified atom stereocenters. The Kier molecular flexibility index (Phi) is 5.74. The number of aliphatic imine (C=N–C) groups is 1. The molecular weight excluding hydrogens is 306 g/mol. The molecule has 3 heteroatoms. The molecule has 0 radical (unpaired) electrons. The van der Waals surface area contributed by atoms with Gasteiger partial charge in [0.05, 0.1) is 0 Å². The van der Waals surface area contributed by atoms with Gasteiger partial charge in [-0.1, -0.05) is 50.8 Å². The molecule has 0 spiro atoms. The van der Waals surface area contributed by atoms with Crippen LogP contribution in [-0.4, -0.2) is 11.9 Å². The number of rotatable bonds is 6. The van der Waals surface area contributed by atoms with Gasteiger partial charge in [-0.25, -0.2) is 10.4 Å². The molecule has 1 heterocycles. The smallest absolute Gasteiger partial charge is 0.118 e. The van der Waals surface area contributed by atoms with Crippen molar-refractivity contribution in [2.24, 2.45) is 16.8 Å². The summed E-state index contributed by atoms with van der Waals surface area (Å²) in [5.41, 5.74) is 11.5. The van der Waals surface area contributed by atoms with Crippen LogP contribution in [0.3, 0.4) is 0 Å². The van der Waals surface area contributed by atoms with Crippen LogP contribution in [0, 0.1) is 18.8 Å². The van der Waals surface area contributed by atoms with Gasteiger partial charge >= 0.3 is 0 Å². The van der Waals surface area contributed by atoms with Gasteiger partial charge in [-0.3, -0.25) is 0 Å². The highest BCUT2D eigenvalue weighted by molar-refractivity contribution is 5.85. The van der Waals surface area contributed by atoms with Gasteiger partial charge in [0.2, 0.25) is 0 Å². The first-order chi connectivity index (χ1) is 12.1. The molecule has 1 aromatic carbocycles. The molecule has 25 heavy (non-hydrogen) atoms. The van der Waals surface area contributed by atoms with E-state index in [1.54, 1.807) is 0 Å². The van der Waals surface area contributed by atoms with E-state index in [9.17, 15) is 0 Å². The van der Waals surface area contributed by atoms with Gasteiger partial charge < -0.3 is 5.43 Å². The minimum Gasteiger partial charge on any atom is -0.309 e. The van der Waals surface area contributed by atoms with E-state index in [0.717, 1.165) is 42.6 Å². The first kappa shape index (κ1) is 17.9. The average molecular weight is 338 g/mol. The van der Waals surface area contributed by atoms with E-state index in [1.165, 1.54) is 36.0 Å². The first-order valence-corrected chi connectivity index (χ1v) is 9.54. The molecule has 0 aromatic heterocycles. The Balaban J connectivity index is 1.53. The molecule has 1 saturated heterocycles. The summed E-state index contributed by atoms with van der Waals surface area (Å²) >= 11 is 0. The lowest BCUT2D eigenvalue weighted by Crippen LogP contribution is -2.35. The molecule has 1 aromatic rings. The predicted octanol–water partition coefficient (Wildman–Crippen LogP) is 4.79. The SMILES string of the molecule is C=Cc1c(C)cccc1CCC(=C)N=C1CC(C2CCC(C)C2)NN1. The quantitative estimate of drug-likeness (QED) is 0.783. The standard InChI is InChI=1S/C22H31N3/c1-5-20-16(3)7-6-8-18(20)12-10-17(4)23-22-14-21(24-25-22)19-11-9-15(2)13-19/h5-8,15,19,21,24H,1,4,9-14H2,2-3H3,(H,23,25). The third-order valence-electron chi connectivity index (χ3n) is 5.71. The van der Waals surface area contributed by atoms with Crippen molar-refractivity contribution in [1.29, 1.82) is 0 Å². The number of nitrogens with one attached hydrogen (secondary N) is 2. The summed E-state index contributed by atoms with van der Waals surface area (Å²) in [5, 5.41) is 0. The molecule has 0 bridgehead atoms. The summed E-state index contributed by atoms with van der Waals surface area (Å²) in [6, 6.07) is 6.95. The average Bonchev–Trinajstić information content (AvgIpc) is 3.22. The lowest BCUT2D eigenvalue weighted by molar-refractivity contribution is 0.374. The second-order valence-electron chi connectivity index (χ2n) is 7.73. The van der Waals surface area contributed by atoms with E-state index in [0.29, 0.717) is 6.04 Å². The molecule has 1 aliphatic carbocycles. The van der Waals surface area contributed by atoms with E-state index in [1.807, 2.05) is 6.08 Å². The second-order valence-corrected chi connectivity index (χ2v) is 7.73. The summed E-state index contributed by atoms with van der Waals surface area (Å²) in [7, 11) is 0. The molecule has 3 nitrogen and oxygen atoms in total. The van der Waals surface area contributed by atoms with Crippen LogP contribution in [-0.2, 0) is 6.42 Å². The van der Waals surface area contributed by atoms with Crippen LogP contribution in [0.2, 0.25) is 0 Å². The van der Waals surface area contributed by atoms with Crippen LogP contribution in [0.25, 0.3) is 6.08 Å². The molecule has 1 aliphatic heterocycles. The molecule has 0 amide bonds. The second kappa shape index (κ2) is 8.01. The lowest BCUT2D eigenvalue weighted by atomic mass is 9.95. The molecule has 2 N–H and O–H groups in total. The Labute approximate surface area is 152 Å². The first-order valence-electron chi connectivity index (χ1n) is 9.54. The molecule has 3 rings (SSSR count). The number of aryl methyl sites for hydroxylation is 2. The van der Waals surface area contributed by atoms with Crippen molar-refractivity contribution in [2.45, 2.75) is 58.4 Å². The van der Waals surface area contributed by atoms with Crippen molar-refractivity contribution in [1.82, 2.24) is 10.9 Å². The normalized spacial score (nSPS) is 27.4. The summed E-state index contributed by atoms with van der Waals surface area (Å²) in [4.78, 5) is 4.73. The molecule has 134 valence electrons. The number of hydrazine groups is 1. The monoisotopic (exact) mass is 337 g/mol. The van der Waals surface area contributed by atoms with Crippen molar-refractivity contribution in [3.05, 3.63) is 53.7 Å². The number of hydrogen-bond donors (Lipinski definition) is 2. The number of hydrogen-bond acceptors (Lipinski definition) is 2. The Morgan fingerprint density at radius 1 is 1.36 bits per heavy atom. The van der Waals surface area contributed by atoms with Crippen LogP contribution < -0.4 is 10.9 Å². The Hall–Kier alpha value is -1.87.